The van der Waals surface area contributed by atoms with Crippen molar-refractivity contribution in [2.75, 3.05) is 13.7 Å². The van der Waals surface area contributed by atoms with Crippen LogP contribution in [0.4, 0.5) is 0 Å². The Hall–Kier alpha value is -3.28. The topological polar surface area (TPSA) is 65.4 Å². The second kappa shape index (κ2) is 8.39. The summed E-state index contributed by atoms with van der Waals surface area (Å²) < 4.78 is 12.9. The maximum absolute atomic E-state index is 12.7. The van der Waals surface area contributed by atoms with Crippen LogP contribution < -0.4 is 14.8 Å². The van der Waals surface area contributed by atoms with E-state index < -0.39 is 0 Å². The first-order valence-corrected chi connectivity index (χ1v) is 9.79. The normalized spacial score (nSPS) is 13.6. The molecule has 150 valence electrons. The van der Waals surface area contributed by atoms with Crippen molar-refractivity contribution in [1.82, 2.24) is 14.9 Å². The molecule has 4 rings (SSSR count). The van der Waals surface area contributed by atoms with Crippen molar-refractivity contribution >= 4 is 5.91 Å². The summed E-state index contributed by atoms with van der Waals surface area (Å²) in [7, 11) is 3.54. The lowest BCUT2D eigenvalue weighted by atomic mass is 10.1. The lowest BCUT2D eigenvalue weighted by Gasteiger charge is -2.19. The Morgan fingerprint density at radius 2 is 1.90 bits per heavy atom. The van der Waals surface area contributed by atoms with Gasteiger partial charge in [0.15, 0.2) is 6.61 Å². The molecule has 1 heterocycles. The van der Waals surface area contributed by atoms with Crippen LogP contribution in [0.15, 0.2) is 54.9 Å². The van der Waals surface area contributed by atoms with E-state index in [-0.39, 0.29) is 18.6 Å². The van der Waals surface area contributed by atoms with Crippen LogP contribution in [-0.4, -0.2) is 29.2 Å². The summed E-state index contributed by atoms with van der Waals surface area (Å²) >= 11 is 0. The minimum atomic E-state index is -0.378. The van der Waals surface area contributed by atoms with Gasteiger partial charge in [0.25, 0.3) is 5.91 Å². The van der Waals surface area contributed by atoms with Crippen molar-refractivity contribution < 1.29 is 14.3 Å². The summed E-state index contributed by atoms with van der Waals surface area (Å²) in [6, 6.07) is 13.3. The highest BCUT2D eigenvalue weighted by atomic mass is 16.5. The van der Waals surface area contributed by atoms with Gasteiger partial charge in [0.1, 0.15) is 23.4 Å². The quantitative estimate of drug-likeness (QED) is 0.672. The molecular weight excluding hydrogens is 366 g/mol. The molecule has 0 bridgehead atoms. The zero-order chi connectivity index (χ0) is 20.2. The second-order valence-electron chi connectivity index (χ2n) is 7.24. The number of amides is 1. The molecule has 2 aromatic carbocycles. The number of methoxy groups -OCH3 is 1. The van der Waals surface area contributed by atoms with Gasteiger partial charge in [0.2, 0.25) is 0 Å². The van der Waals surface area contributed by atoms with Gasteiger partial charge in [0, 0.05) is 19.4 Å². The van der Waals surface area contributed by atoms with Crippen LogP contribution in [0.2, 0.25) is 0 Å². The third-order valence-electron chi connectivity index (χ3n) is 5.31. The molecule has 0 spiro atoms. The van der Waals surface area contributed by atoms with E-state index in [9.17, 15) is 4.79 Å². The molecule has 1 N–H and O–H groups in total. The standard InChI is InChI=1S/C23H25N3O3/c1-26-13-12-24-23(26)22(17-7-9-19(28-2)10-8-17)25-21(27)15-29-20-11-6-16-4-3-5-18(16)14-20/h6-14,22H,3-5,15H2,1-2H3,(H,25,27). The second-order valence-corrected chi connectivity index (χ2v) is 7.24. The molecule has 1 unspecified atom stereocenters. The number of aryl methyl sites for hydroxylation is 3. The molecule has 1 aliphatic carbocycles. The number of nitrogens with one attached hydrogen (secondary N) is 1. The van der Waals surface area contributed by atoms with Crippen molar-refractivity contribution in [2.24, 2.45) is 7.05 Å². The molecule has 0 fully saturated rings. The number of benzene rings is 2. The Morgan fingerprint density at radius 1 is 1.14 bits per heavy atom. The summed E-state index contributed by atoms with van der Waals surface area (Å²) in [5.74, 6) is 2.05. The largest absolute Gasteiger partial charge is 0.497 e. The van der Waals surface area contributed by atoms with Gasteiger partial charge in [-0.3, -0.25) is 4.79 Å². The van der Waals surface area contributed by atoms with E-state index in [2.05, 4.69) is 22.4 Å². The number of carbonyl (C=O) groups is 1. The number of rotatable bonds is 7. The van der Waals surface area contributed by atoms with Crippen LogP contribution >= 0.6 is 0 Å². The maximum Gasteiger partial charge on any atom is 0.258 e. The maximum atomic E-state index is 12.7. The molecule has 3 aromatic rings. The lowest BCUT2D eigenvalue weighted by molar-refractivity contribution is -0.123. The first-order valence-electron chi connectivity index (χ1n) is 9.79. The Kier molecular flexibility index (Phi) is 5.51. The zero-order valence-corrected chi connectivity index (χ0v) is 16.7. The molecule has 0 radical (unpaired) electrons. The average molecular weight is 391 g/mol. The molecule has 6 heteroatoms. The monoisotopic (exact) mass is 391 g/mol. The molecule has 0 aliphatic heterocycles. The molecule has 0 saturated carbocycles. The van der Waals surface area contributed by atoms with Crippen LogP contribution in [-0.2, 0) is 24.7 Å². The van der Waals surface area contributed by atoms with Gasteiger partial charge in [-0.25, -0.2) is 4.98 Å². The smallest absolute Gasteiger partial charge is 0.258 e. The number of imidazole rings is 1. The third kappa shape index (κ3) is 4.26. The number of aromatic nitrogens is 2. The fourth-order valence-corrected chi connectivity index (χ4v) is 3.74. The molecular formula is C23H25N3O3. The molecule has 6 nitrogen and oxygen atoms in total. The summed E-state index contributed by atoms with van der Waals surface area (Å²) in [5, 5.41) is 3.05. The molecule has 0 saturated heterocycles. The van der Waals surface area contributed by atoms with E-state index in [4.69, 9.17) is 9.47 Å². The van der Waals surface area contributed by atoms with Gasteiger partial charge in [0.05, 0.1) is 7.11 Å². The molecule has 1 aromatic heterocycles. The third-order valence-corrected chi connectivity index (χ3v) is 5.31. The molecule has 1 atom stereocenters. The van der Waals surface area contributed by atoms with Crippen LogP contribution in [0.3, 0.4) is 0 Å². The average Bonchev–Trinajstić information content (AvgIpc) is 3.39. The first kappa shape index (κ1) is 19.1. The van der Waals surface area contributed by atoms with E-state index in [0.717, 1.165) is 35.7 Å². The van der Waals surface area contributed by atoms with Crippen molar-refractivity contribution in [3.63, 3.8) is 0 Å². The van der Waals surface area contributed by atoms with E-state index in [0.29, 0.717) is 0 Å². The fraction of sp³-hybridized carbons (Fsp3) is 0.304. The minimum Gasteiger partial charge on any atom is -0.497 e. The zero-order valence-electron chi connectivity index (χ0n) is 16.7. The number of ether oxygens (including phenoxy) is 2. The lowest BCUT2D eigenvalue weighted by Crippen LogP contribution is -2.34. The SMILES string of the molecule is COc1ccc(C(NC(=O)COc2ccc3c(c2)CCC3)c2nccn2C)cc1. The summed E-state index contributed by atoms with van der Waals surface area (Å²) in [5.41, 5.74) is 3.63. The summed E-state index contributed by atoms with van der Waals surface area (Å²) in [4.78, 5) is 17.1. The van der Waals surface area contributed by atoms with Crippen LogP contribution in [0.1, 0.15) is 35.0 Å². The number of hydrogen-bond acceptors (Lipinski definition) is 4. The first-order chi connectivity index (χ1) is 14.1. The van der Waals surface area contributed by atoms with Gasteiger partial charge in [-0.1, -0.05) is 18.2 Å². The predicted octanol–water partition coefficient (Wildman–Crippen LogP) is 3.20. The van der Waals surface area contributed by atoms with E-state index in [1.54, 1.807) is 13.3 Å². The number of nitrogens with zero attached hydrogens (tertiary/aromatic N) is 2. The summed E-state index contributed by atoms with van der Waals surface area (Å²) in [6.07, 6.45) is 6.98. The molecule has 1 aliphatic rings. The number of hydrogen-bond donors (Lipinski definition) is 1. The fourth-order valence-electron chi connectivity index (χ4n) is 3.74. The molecule has 29 heavy (non-hydrogen) atoms. The minimum absolute atomic E-state index is 0.0458. The van der Waals surface area contributed by atoms with Crippen LogP contribution in [0.5, 0.6) is 11.5 Å². The highest BCUT2D eigenvalue weighted by Gasteiger charge is 2.21. The Bertz CT molecular complexity index is 995. The Balaban J connectivity index is 1.46. The summed E-state index contributed by atoms with van der Waals surface area (Å²) in [6.45, 7) is -0.0458. The Labute approximate surface area is 170 Å². The van der Waals surface area contributed by atoms with Gasteiger partial charge < -0.3 is 19.4 Å². The van der Waals surface area contributed by atoms with Gasteiger partial charge >= 0.3 is 0 Å². The Morgan fingerprint density at radius 3 is 2.62 bits per heavy atom. The molecule has 1 amide bonds. The van der Waals surface area contributed by atoms with Gasteiger partial charge in [-0.05, 0) is 60.2 Å². The van der Waals surface area contributed by atoms with Gasteiger partial charge in [-0.15, -0.1) is 0 Å². The van der Waals surface area contributed by atoms with Crippen molar-refractivity contribution in [3.05, 3.63) is 77.4 Å². The van der Waals surface area contributed by atoms with Crippen molar-refractivity contribution in [1.29, 1.82) is 0 Å². The van der Waals surface area contributed by atoms with Gasteiger partial charge in [-0.2, -0.15) is 0 Å². The van der Waals surface area contributed by atoms with Crippen molar-refractivity contribution in [3.8, 4) is 11.5 Å². The predicted molar refractivity (Wildman–Crippen MR) is 110 cm³/mol. The number of fused-ring (bicyclic) bond motifs is 1. The van der Waals surface area contributed by atoms with E-state index in [1.807, 2.05) is 48.1 Å². The highest BCUT2D eigenvalue weighted by Crippen LogP contribution is 2.26. The van der Waals surface area contributed by atoms with E-state index >= 15 is 0 Å². The highest BCUT2D eigenvalue weighted by molar-refractivity contribution is 5.78. The van der Waals surface area contributed by atoms with Crippen LogP contribution in [0, 0.1) is 0 Å². The van der Waals surface area contributed by atoms with Crippen molar-refractivity contribution in [2.45, 2.75) is 25.3 Å². The number of carbonyl (C=O) groups excluding carboxylic acids is 1. The van der Waals surface area contributed by atoms with E-state index in [1.165, 1.54) is 17.5 Å². The van der Waals surface area contributed by atoms with Crippen LogP contribution in [0.25, 0.3) is 0 Å².